The summed E-state index contributed by atoms with van der Waals surface area (Å²) in [6.45, 7) is 6.74. The highest BCUT2D eigenvalue weighted by Crippen LogP contribution is 2.20. The molecule has 0 aliphatic rings. The molecule has 102 valence electrons. The molecule has 0 fully saturated rings. The molecular formula is C15H19BrN2O. The summed E-state index contributed by atoms with van der Waals surface area (Å²) in [6, 6.07) is 8.73. The highest BCUT2D eigenvalue weighted by molar-refractivity contribution is 9.10. The number of hydrogen-bond donors (Lipinski definition) is 1. The standard InChI is InChI=1S/C15H19BrN2O/c1-4-14(12-5-7-13(16)8-6-12)17-9-15-18-10(2)11(3)19-15/h5-8,14,17H,4,9H2,1-3H3. The Morgan fingerprint density at radius 1 is 1.26 bits per heavy atom. The number of oxazole rings is 1. The molecule has 2 aromatic rings. The van der Waals surface area contributed by atoms with E-state index in [9.17, 15) is 0 Å². The van der Waals surface area contributed by atoms with Crippen LogP contribution in [0.3, 0.4) is 0 Å². The average Bonchev–Trinajstić information content (AvgIpc) is 2.71. The Morgan fingerprint density at radius 3 is 2.47 bits per heavy atom. The van der Waals surface area contributed by atoms with Gasteiger partial charge in [0.1, 0.15) is 5.76 Å². The van der Waals surface area contributed by atoms with Crippen molar-refractivity contribution >= 4 is 15.9 Å². The number of aromatic nitrogens is 1. The van der Waals surface area contributed by atoms with Crippen molar-refractivity contribution in [2.45, 2.75) is 39.8 Å². The molecule has 0 saturated heterocycles. The lowest BCUT2D eigenvalue weighted by Crippen LogP contribution is -2.20. The number of nitrogens with one attached hydrogen (secondary N) is 1. The van der Waals surface area contributed by atoms with E-state index in [1.54, 1.807) is 0 Å². The molecule has 0 aliphatic carbocycles. The SMILES string of the molecule is CCC(NCc1nc(C)c(C)o1)c1ccc(Br)cc1. The van der Waals surface area contributed by atoms with Crippen LogP contribution in [0.1, 0.15) is 42.3 Å². The van der Waals surface area contributed by atoms with Crippen molar-refractivity contribution < 1.29 is 4.42 Å². The van der Waals surface area contributed by atoms with E-state index in [0.29, 0.717) is 12.6 Å². The molecule has 3 nitrogen and oxygen atoms in total. The maximum Gasteiger partial charge on any atom is 0.208 e. The Bertz CT molecular complexity index is 514. The van der Waals surface area contributed by atoms with E-state index < -0.39 is 0 Å². The third-order valence-electron chi connectivity index (χ3n) is 3.25. The van der Waals surface area contributed by atoms with E-state index in [1.165, 1.54) is 5.56 Å². The molecule has 1 aromatic heterocycles. The number of nitrogens with zero attached hydrogens (tertiary/aromatic N) is 1. The van der Waals surface area contributed by atoms with Crippen molar-refractivity contribution in [3.63, 3.8) is 0 Å². The Kier molecular flexibility index (Phi) is 4.77. The van der Waals surface area contributed by atoms with Crippen molar-refractivity contribution in [1.82, 2.24) is 10.3 Å². The number of halogens is 1. The largest absolute Gasteiger partial charge is 0.444 e. The van der Waals surface area contributed by atoms with Gasteiger partial charge in [-0.05, 0) is 38.0 Å². The van der Waals surface area contributed by atoms with Gasteiger partial charge in [-0.25, -0.2) is 4.98 Å². The smallest absolute Gasteiger partial charge is 0.208 e. The summed E-state index contributed by atoms with van der Waals surface area (Å²) in [5.74, 6) is 1.65. The molecule has 2 rings (SSSR count). The van der Waals surface area contributed by atoms with Gasteiger partial charge in [0.25, 0.3) is 0 Å². The minimum atomic E-state index is 0.320. The zero-order valence-corrected chi connectivity index (χ0v) is 13.1. The first-order chi connectivity index (χ1) is 9.10. The fraction of sp³-hybridized carbons (Fsp3) is 0.400. The Labute approximate surface area is 122 Å². The summed E-state index contributed by atoms with van der Waals surface area (Å²) in [4.78, 5) is 4.39. The minimum absolute atomic E-state index is 0.320. The van der Waals surface area contributed by atoms with Crippen molar-refractivity contribution in [2.75, 3.05) is 0 Å². The number of benzene rings is 1. The molecule has 1 atom stereocenters. The molecule has 1 unspecified atom stereocenters. The molecule has 0 radical (unpaired) electrons. The van der Waals surface area contributed by atoms with Crippen molar-refractivity contribution in [3.8, 4) is 0 Å². The zero-order chi connectivity index (χ0) is 13.8. The predicted octanol–water partition coefficient (Wildman–Crippen LogP) is 4.29. The van der Waals surface area contributed by atoms with Crippen molar-refractivity contribution in [3.05, 3.63) is 51.6 Å². The summed E-state index contributed by atoms with van der Waals surface area (Å²) in [6.07, 6.45) is 1.03. The maximum atomic E-state index is 5.58. The van der Waals surface area contributed by atoms with Gasteiger partial charge in [-0.15, -0.1) is 0 Å². The monoisotopic (exact) mass is 322 g/mol. The average molecular weight is 323 g/mol. The quantitative estimate of drug-likeness (QED) is 0.892. The van der Waals surface area contributed by atoms with Crippen molar-refractivity contribution in [1.29, 1.82) is 0 Å². The van der Waals surface area contributed by atoms with Crippen LogP contribution in [0, 0.1) is 13.8 Å². The van der Waals surface area contributed by atoms with Crippen LogP contribution in [0.2, 0.25) is 0 Å². The summed E-state index contributed by atoms with van der Waals surface area (Å²) in [5.41, 5.74) is 2.25. The van der Waals surface area contributed by atoms with Crippen LogP contribution < -0.4 is 5.32 Å². The number of aryl methyl sites for hydroxylation is 2. The number of rotatable bonds is 5. The Hall–Kier alpha value is -1.13. The lowest BCUT2D eigenvalue weighted by atomic mass is 10.0. The zero-order valence-electron chi connectivity index (χ0n) is 11.5. The van der Waals surface area contributed by atoms with Gasteiger partial charge < -0.3 is 9.73 Å². The second-order valence-electron chi connectivity index (χ2n) is 4.64. The molecule has 1 heterocycles. The lowest BCUT2D eigenvalue weighted by Gasteiger charge is -2.16. The van der Waals surface area contributed by atoms with Gasteiger partial charge in [-0.2, -0.15) is 0 Å². The topological polar surface area (TPSA) is 38.1 Å². The second kappa shape index (κ2) is 6.35. The summed E-state index contributed by atoms with van der Waals surface area (Å²) in [7, 11) is 0. The first-order valence-corrected chi connectivity index (χ1v) is 7.31. The van der Waals surface area contributed by atoms with Crippen LogP contribution in [-0.4, -0.2) is 4.98 Å². The van der Waals surface area contributed by atoms with Gasteiger partial charge in [0.05, 0.1) is 12.2 Å². The second-order valence-corrected chi connectivity index (χ2v) is 5.56. The molecule has 0 saturated carbocycles. The van der Waals surface area contributed by atoms with Crippen LogP contribution >= 0.6 is 15.9 Å². The van der Waals surface area contributed by atoms with Crippen LogP contribution in [0.15, 0.2) is 33.2 Å². The maximum absolute atomic E-state index is 5.58. The van der Waals surface area contributed by atoms with E-state index >= 15 is 0 Å². The molecule has 19 heavy (non-hydrogen) atoms. The molecule has 4 heteroatoms. The lowest BCUT2D eigenvalue weighted by molar-refractivity contribution is 0.420. The van der Waals surface area contributed by atoms with Crippen LogP contribution in [0.5, 0.6) is 0 Å². The highest BCUT2D eigenvalue weighted by atomic mass is 79.9. The van der Waals surface area contributed by atoms with Gasteiger partial charge in [0.2, 0.25) is 5.89 Å². The van der Waals surface area contributed by atoms with E-state index in [1.807, 2.05) is 13.8 Å². The van der Waals surface area contributed by atoms with Gasteiger partial charge >= 0.3 is 0 Å². The Morgan fingerprint density at radius 2 is 1.95 bits per heavy atom. The third kappa shape index (κ3) is 3.67. The molecule has 0 aliphatic heterocycles. The van der Waals surface area contributed by atoms with E-state index in [-0.39, 0.29) is 0 Å². The molecule has 0 bridgehead atoms. The highest BCUT2D eigenvalue weighted by Gasteiger charge is 2.11. The summed E-state index contributed by atoms with van der Waals surface area (Å²) < 4.78 is 6.68. The molecule has 1 aromatic carbocycles. The fourth-order valence-electron chi connectivity index (χ4n) is 2.02. The molecule has 0 amide bonds. The minimum Gasteiger partial charge on any atom is -0.444 e. The van der Waals surface area contributed by atoms with Gasteiger partial charge in [-0.3, -0.25) is 0 Å². The first kappa shape index (κ1) is 14.3. The molecule has 0 spiro atoms. The fourth-order valence-corrected chi connectivity index (χ4v) is 2.28. The third-order valence-corrected chi connectivity index (χ3v) is 3.78. The van der Waals surface area contributed by atoms with Gasteiger partial charge in [0, 0.05) is 10.5 Å². The Balaban J connectivity index is 2.01. The summed E-state index contributed by atoms with van der Waals surface area (Å²) in [5, 5.41) is 3.49. The van der Waals surface area contributed by atoms with Gasteiger partial charge in [-0.1, -0.05) is 35.0 Å². The van der Waals surface area contributed by atoms with Crippen LogP contribution in [0.4, 0.5) is 0 Å². The molecule has 1 N–H and O–H groups in total. The molecular weight excluding hydrogens is 304 g/mol. The van der Waals surface area contributed by atoms with E-state index in [2.05, 4.69) is 57.4 Å². The van der Waals surface area contributed by atoms with Crippen LogP contribution in [0.25, 0.3) is 0 Å². The van der Waals surface area contributed by atoms with Crippen molar-refractivity contribution in [2.24, 2.45) is 0 Å². The van der Waals surface area contributed by atoms with Crippen LogP contribution in [-0.2, 0) is 6.54 Å². The summed E-state index contributed by atoms with van der Waals surface area (Å²) >= 11 is 3.46. The van der Waals surface area contributed by atoms with Gasteiger partial charge in [0.15, 0.2) is 0 Å². The predicted molar refractivity (Wildman–Crippen MR) is 80.0 cm³/mol. The normalized spacial score (nSPS) is 12.6. The first-order valence-electron chi connectivity index (χ1n) is 6.52. The van der Waals surface area contributed by atoms with E-state index in [4.69, 9.17) is 4.42 Å². The number of hydrogen-bond acceptors (Lipinski definition) is 3. The van der Waals surface area contributed by atoms with E-state index in [0.717, 1.165) is 28.2 Å².